The van der Waals surface area contributed by atoms with Crippen molar-refractivity contribution in [3.63, 3.8) is 0 Å². The second-order valence-electron chi connectivity index (χ2n) is 10.9. The van der Waals surface area contributed by atoms with Gasteiger partial charge in [0.05, 0.1) is 19.8 Å². The molecule has 0 aliphatic heterocycles. The van der Waals surface area contributed by atoms with Gasteiger partial charge in [0, 0.05) is 6.42 Å². The van der Waals surface area contributed by atoms with Crippen molar-refractivity contribution in [2.75, 3.05) is 13.7 Å². The lowest BCUT2D eigenvalue weighted by atomic mass is 9.71. The predicted octanol–water partition coefficient (Wildman–Crippen LogP) is 4.23. The average molecular weight is 539 g/mol. The van der Waals surface area contributed by atoms with Crippen LogP contribution in [-0.4, -0.2) is 53.6 Å². The van der Waals surface area contributed by atoms with E-state index in [0.717, 1.165) is 37.2 Å². The molecule has 2 radical (unpaired) electrons. The Bertz CT molecular complexity index is 1060. The van der Waals surface area contributed by atoms with Crippen LogP contribution in [-0.2, 0) is 16.0 Å². The highest BCUT2D eigenvalue weighted by Gasteiger charge is 2.40. The zero-order valence-electron chi connectivity index (χ0n) is 23.0. The van der Waals surface area contributed by atoms with Gasteiger partial charge in [0.1, 0.15) is 23.5 Å². The van der Waals surface area contributed by atoms with Crippen LogP contribution in [0.4, 0.5) is 4.79 Å². The quantitative estimate of drug-likeness (QED) is 0.360. The average Bonchev–Trinajstić information content (AvgIpc) is 2.93. The van der Waals surface area contributed by atoms with Crippen LogP contribution in [0.5, 0.6) is 5.75 Å². The molecule has 2 amide bonds. The summed E-state index contributed by atoms with van der Waals surface area (Å²) in [6.07, 6.45) is 4.77. The largest absolute Gasteiger partial charge is 0.497 e. The lowest BCUT2D eigenvalue weighted by molar-refractivity contribution is -0.129. The zero-order valence-corrected chi connectivity index (χ0v) is 23.0. The number of ether oxygens (including phenoxy) is 2. The maximum atomic E-state index is 13.7. The molecule has 212 valence electrons. The van der Waals surface area contributed by atoms with Crippen molar-refractivity contribution in [3.8, 4) is 5.75 Å². The molecular weight excluding hydrogens is 496 g/mol. The molecule has 2 aliphatic rings. The van der Waals surface area contributed by atoms with Crippen molar-refractivity contribution in [1.82, 2.24) is 10.6 Å². The van der Waals surface area contributed by atoms with Crippen molar-refractivity contribution in [3.05, 3.63) is 73.2 Å². The van der Waals surface area contributed by atoms with Crippen LogP contribution in [0.3, 0.4) is 0 Å². The Morgan fingerprint density at radius 2 is 1.77 bits per heavy atom. The molecule has 2 bridgehead atoms. The first-order valence-corrected chi connectivity index (χ1v) is 13.6. The van der Waals surface area contributed by atoms with Crippen LogP contribution in [0, 0.1) is 19.3 Å². The minimum absolute atomic E-state index is 0. The molecule has 2 aromatic carbocycles. The first-order chi connectivity index (χ1) is 18.3. The Morgan fingerprint density at radius 1 is 1.05 bits per heavy atom. The molecule has 6 atom stereocenters. The van der Waals surface area contributed by atoms with Gasteiger partial charge in [0.2, 0.25) is 5.91 Å². The van der Waals surface area contributed by atoms with Gasteiger partial charge in [-0.05, 0) is 67.7 Å². The van der Waals surface area contributed by atoms with Gasteiger partial charge in [-0.25, -0.2) is 4.79 Å². The molecule has 2 aliphatic carbocycles. The summed E-state index contributed by atoms with van der Waals surface area (Å²) >= 11 is 0. The SMILES string of the molecule is COc1ccc(CC(C)(NC(=O)OC2CCC3CCCC2C3)C(=O)NC(CO)C(O)c2ccccc2)cc1.[CH2]. The van der Waals surface area contributed by atoms with Gasteiger partial charge in [-0.1, -0.05) is 62.7 Å². The van der Waals surface area contributed by atoms with Gasteiger partial charge < -0.3 is 30.3 Å². The lowest BCUT2D eigenvalue weighted by Gasteiger charge is -2.40. The Labute approximate surface area is 232 Å². The van der Waals surface area contributed by atoms with Crippen LogP contribution < -0.4 is 15.4 Å². The van der Waals surface area contributed by atoms with Crippen molar-refractivity contribution in [2.45, 2.75) is 75.7 Å². The smallest absolute Gasteiger partial charge is 0.408 e. The van der Waals surface area contributed by atoms with Gasteiger partial charge in [-0.15, -0.1) is 0 Å². The number of alkyl carbamates (subject to hydrolysis) is 1. The summed E-state index contributed by atoms with van der Waals surface area (Å²) in [5, 5.41) is 26.4. The number of benzene rings is 2. The number of aliphatic hydroxyl groups is 2. The van der Waals surface area contributed by atoms with Crippen molar-refractivity contribution < 1.29 is 29.3 Å². The Balaban J connectivity index is 0.00000420. The molecular formula is C31H42N2O6. The van der Waals surface area contributed by atoms with E-state index >= 15 is 0 Å². The second kappa shape index (κ2) is 13.8. The van der Waals surface area contributed by atoms with E-state index in [2.05, 4.69) is 10.6 Å². The number of rotatable bonds is 10. The van der Waals surface area contributed by atoms with E-state index < -0.39 is 36.3 Å². The standard InChI is InChI=1S/C30H40N2O6.CH2/c1-30(18-21-11-14-24(37-2)15-12-21,28(35)31-25(19-33)27(34)22-8-4-3-5-9-22)32-29(36)38-26-16-13-20-7-6-10-23(26)17-20;/h3-5,8-9,11-12,14-15,20,23,25-27,33-34H,6-7,10,13,16-19H2,1-2H3,(H,31,35)(H,32,36);1H2. The van der Waals surface area contributed by atoms with E-state index in [4.69, 9.17) is 9.47 Å². The number of aliphatic hydroxyl groups excluding tert-OH is 2. The van der Waals surface area contributed by atoms with Gasteiger partial charge in [0.25, 0.3) is 0 Å². The summed E-state index contributed by atoms with van der Waals surface area (Å²) in [6.45, 7) is 1.16. The van der Waals surface area contributed by atoms with Crippen LogP contribution in [0.1, 0.15) is 62.7 Å². The normalized spacial score (nSPS) is 23.2. The molecule has 8 heteroatoms. The van der Waals surface area contributed by atoms with Crippen LogP contribution >= 0.6 is 0 Å². The number of amides is 2. The zero-order chi connectivity index (χ0) is 27.1. The molecule has 2 fully saturated rings. The number of hydrogen-bond acceptors (Lipinski definition) is 6. The number of methoxy groups -OCH3 is 1. The number of carbonyl (C=O) groups excluding carboxylic acids is 2. The Hall–Kier alpha value is -3.10. The monoisotopic (exact) mass is 538 g/mol. The van der Waals surface area contributed by atoms with Crippen LogP contribution in [0.25, 0.3) is 0 Å². The highest BCUT2D eigenvalue weighted by Crippen LogP contribution is 2.41. The van der Waals surface area contributed by atoms with E-state index in [1.54, 1.807) is 50.4 Å². The van der Waals surface area contributed by atoms with Crippen molar-refractivity contribution in [1.29, 1.82) is 0 Å². The summed E-state index contributed by atoms with van der Waals surface area (Å²) in [5.74, 6) is 1.26. The lowest BCUT2D eigenvalue weighted by Crippen LogP contribution is -2.61. The third-order valence-electron chi connectivity index (χ3n) is 8.10. The van der Waals surface area contributed by atoms with E-state index in [1.807, 2.05) is 18.2 Å². The van der Waals surface area contributed by atoms with E-state index in [1.165, 1.54) is 12.8 Å². The summed E-state index contributed by atoms with van der Waals surface area (Å²) in [7, 11) is 1.58. The van der Waals surface area contributed by atoms with Gasteiger partial charge in [-0.2, -0.15) is 0 Å². The fraction of sp³-hybridized carbons (Fsp3) is 0.516. The number of carbonyl (C=O) groups is 2. The van der Waals surface area contributed by atoms with Crippen LogP contribution in [0.15, 0.2) is 54.6 Å². The maximum absolute atomic E-state index is 13.7. The molecule has 0 heterocycles. The fourth-order valence-electron chi connectivity index (χ4n) is 5.88. The third kappa shape index (κ3) is 7.73. The molecule has 8 nitrogen and oxygen atoms in total. The minimum Gasteiger partial charge on any atom is -0.497 e. The van der Waals surface area contributed by atoms with Gasteiger partial charge in [0.15, 0.2) is 0 Å². The van der Waals surface area contributed by atoms with E-state index in [9.17, 15) is 19.8 Å². The van der Waals surface area contributed by atoms with Crippen LogP contribution in [0.2, 0.25) is 0 Å². The van der Waals surface area contributed by atoms with Crippen molar-refractivity contribution in [2.24, 2.45) is 11.8 Å². The summed E-state index contributed by atoms with van der Waals surface area (Å²) in [5.41, 5.74) is -0.0286. The molecule has 0 aromatic heterocycles. The van der Waals surface area contributed by atoms with Gasteiger partial charge >= 0.3 is 6.09 Å². The van der Waals surface area contributed by atoms with E-state index in [-0.39, 0.29) is 20.0 Å². The second-order valence-corrected chi connectivity index (χ2v) is 10.9. The molecule has 39 heavy (non-hydrogen) atoms. The first kappa shape index (κ1) is 30.4. The number of nitrogens with one attached hydrogen (secondary N) is 2. The predicted molar refractivity (Wildman–Crippen MR) is 149 cm³/mol. The molecule has 2 aromatic rings. The summed E-state index contributed by atoms with van der Waals surface area (Å²) < 4.78 is 11.1. The molecule has 4 rings (SSSR count). The molecule has 0 saturated heterocycles. The minimum atomic E-state index is -1.40. The highest BCUT2D eigenvalue weighted by molar-refractivity contribution is 5.90. The topological polar surface area (TPSA) is 117 Å². The fourth-order valence-corrected chi connectivity index (χ4v) is 5.88. The molecule has 4 N–H and O–H groups in total. The van der Waals surface area contributed by atoms with Gasteiger partial charge in [-0.3, -0.25) is 4.79 Å². The van der Waals surface area contributed by atoms with Crippen molar-refractivity contribution >= 4 is 12.0 Å². The summed E-state index contributed by atoms with van der Waals surface area (Å²) in [4.78, 5) is 26.8. The Kier molecular flexibility index (Phi) is 10.8. The van der Waals surface area contributed by atoms with E-state index in [0.29, 0.717) is 17.2 Å². The first-order valence-electron chi connectivity index (χ1n) is 13.6. The Morgan fingerprint density at radius 3 is 2.44 bits per heavy atom. The summed E-state index contributed by atoms with van der Waals surface area (Å²) in [6, 6.07) is 15.1. The third-order valence-corrected chi connectivity index (χ3v) is 8.10. The molecule has 2 saturated carbocycles. The number of fused-ring (bicyclic) bond motifs is 2. The highest BCUT2D eigenvalue weighted by atomic mass is 16.6. The number of hydrogen-bond donors (Lipinski definition) is 4. The maximum Gasteiger partial charge on any atom is 0.408 e. The molecule has 6 unspecified atom stereocenters. The molecule has 0 spiro atoms.